The second kappa shape index (κ2) is 4.40. The van der Waals surface area contributed by atoms with Crippen molar-refractivity contribution in [3.63, 3.8) is 0 Å². The van der Waals surface area contributed by atoms with Gasteiger partial charge in [-0.2, -0.15) is 0 Å². The van der Waals surface area contributed by atoms with Crippen molar-refractivity contribution < 1.29 is 4.79 Å². The average molecular weight is 220 g/mol. The lowest BCUT2D eigenvalue weighted by Crippen LogP contribution is -2.30. The van der Waals surface area contributed by atoms with Crippen LogP contribution in [0.5, 0.6) is 0 Å². The van der Waals surface area contributed by atoms with E-state index in [1.807, 2.05) is 6.07 Å². The molecule has 5 nitrogen and oxygen atoms in total. The second-order valence-electron chi connectivity index (χ2n) is 3.99. The Morgan fingerprint density at radius 1 is 1.44 bits per heavy atom. The Morgan fingerprint density at radius 3 is 2.75 bits per heavy atom. The van der Waals surface area contributed by atoms with Gasteiger partial charge in [-0.05, 0) is 30.5 Å². The Morgan fingerprint density at radius 2 is 2.19 bits per heavy atom. The zero-order chi connectivity index (χ0) is 11.5. The lowest BCUT2D eigenvalue weighted by Gasteiger charge is -2.09. The fraction of sp³-hybridized carbons (Fsp3) is 0.364. The maximum absolute atomic E-state index is 11.4. The predicted molar refractivity (Wildman–Crippen MR) is 63.9 cm³/mol. The molecule has 2 amide bonds. The van der Waals surface area contributed by atoms with Crippen LogP contribution in [0.15, 0.2) is 18.2 Å². The van der Waals surface area contributed by atoms with Crippen molar-refractivity contribution in [2.45, 2.75) is 25.4 Å². The first-order valence-electron chi connectivity index (χ1n) is 5.35. The van der Waals surface area contributed by atoms with Crippen LogP contribution in [0.4, 0.5) is 16.2 Å². The molecule has 0 bridgehead atoms. The molecule has 16 heavy (non-hydrogen) atoms. The van der Waals surface area contributed by atoms with Crippen LogP contribution in [0.1, 0.15) is 18.4 Å². The van der Waals surface area contributed by atoms with E-state index in [-0.39, 0.29) is 6.03 Å². The Bertz CT molecular complexity index is 401. The summed E-state index contributed by atoms with van der Waals surface area (Å²) < 4.78 is 0. The summed E-state index contributed by atoms with van der Waals surface area (Å²) in [5.74, 6) is 0. The molecule has 1 saturated carbocycles. The summed E-state index contributed by atoms with van der Waals surface area (Å²) in [6.07, 6.45) is 2.14. The van der Waals surface area contributed by atoms with Gasteiger partial charge in [-0.3, -0.25) is 0 Å². The molecular weight excluding hydrogens is 204 g/mol. The Hall–Kier alpha value is -1.75. The maximum Gasteiger partial charge on any atom is 0.319 e. The molecule has 1 aliphatic carbocycles. The van der Waals surface area contributed by atoms with Crippen molar-refractivity contribution in [3.8, 4) is 0 Å². The molecule has 2 rings (SSSR count). The minimum atomic E-state index is -0.178. The smallest absolute Gasteiger partial charge is 0.319 e. The maximum atomic E-state index is 11.4. The molecule has 86 valence electrons. The van der Waals surface area contributed by atoms with Crippen molar-refractivity contribution in [3.05, 3.63) is 23.8 Å². The van der Waals surface area contributed by atoms with Gasteiger partial charge in [-0.1, -0.05) is 6.07 Å². The quantitative estimate of drug-likeness (QED) is 0.573. The van der Waals surface area contributed by atoms with Crippen LogP contribution in [-0.4, -0.2) is 12.1 Å². The van der Waals surface area contributed by atoms with Crippen molar-refractivity contribution in [2.75, 3.05) is 11.1 Å². The van der Waals surface area contributed by atoms with Gasteiger partial charge in [0.2, 0.25) is 0 Å². The van der Waals surface area contributed by atoms with Gasteiger partial charge in [0, 0.05) is 24.0 Å². The first-order chi connectivity index (χ1) is 7.69. The van der Waals surface area contributed by atoms with Crippen molar-refractivity contribution in [2.24, 2.45) is 5.73 Å². The van der Waals surface area contributed by atoms with Gasteiger partial charge in [0.05, 0.1) is 0 Å². The third kappa shape index (κ3) is 2.64. The van der Waals surface area contributed by atoms with Crippen LogP contribution in [0.25, 0.3) is 0 Å². The standard InChI is InChI=1S/C11H16N4O/c12-6-7-1-2-9(5-10(7)13)15-11(16)14-8-3-4-8/h1-2,5,8H,3-4,6,12-13H2,(H2,14,15,16). The van der Waals surface area contributed by atoms with Crippen LogP contribution in [0.2, 0.25) is 0 Å². The molecule has 6 N–H and O–H groups in total. The number of anilines is 2. The van der Waals surface area contributed by atoms with Crippen molar-refractivity contribution in [1.29, 1.82) is 0 Å². The zero-order valence-corrected chi connectivity index (χ0v) is 8.99. The molecule has 0 unspecified atom stereocenters. The van der Waals surface area contributed by atoms with E-state index in [9.17, 15) is 4.79 Å². The van der Waals surface area contributed by atoms with Gasteiger partial charge in [-0.25, -0.2) is 4.79 Å². The van der Waals surface area contributed by atoms with E-state index in [1.165, 1.54) is 0 Å². The van der Waals surface area contributed by atoms with E-state index in [0.29, 0.717) is 24.0 Å². The lowest BCUT2D eigenvalue weighted by atomic mass is 10.1. The normalized spacial score (nSPS) is 14.6. The molecule has 0 aromatic heterocycles. The SMILES string of the molecule is NCc1ccc(NC(=O)NC2CC2)cc1N. The molecule has 0 saturated heterocycles. The average Bonchev–Trinajstić information content (AvgIpc) is 3.01. The first-order valence-corrected chi connectivity index (χ1v) is 5.35. The summed E-state index contributed by atoms with van der Waals surface area (Å²) in [7, 11) is 0. The highest BCUT2D eigenvalue weighted by molar-refractivity contribution is 5.90. The largest absolute Gasteiger partial charge is 0.398 e. The van der Waals surface area contributed by atoms with Crippen LogP contribution in [0, 0.1) is 0 Å². The number of nitrogen functional groups attached to an aromatic ring is 1. The van der Waals surface area contributed by atoms with Crippen molar-refractivity contribution >= 4 is 17.4 Å². The minimum Gasteiger partial charge on any atom is -0.398 e. The summed E-state index contributed by atoms with van der Waals surface area (Å²) >= 11 is 0. The van der Waals surface area contributed by atoms with Gasteiger partial charge in [0.1, 0.15) is 0 Å². The molecule has 0 aliphatic heterocycles. The number of rotatable bonds is 3. The molecule has 0 radical (unpaired) electrons. The van der Waals surface area contributed by atoms with E-state index in [2.05, 4.69) is 10.6 Å². The van der Waals surface area contributed by atoms with E-state index in [4.69, 9.17) is 11.5 Å². The Balaban J connectivity index is 1.97. The lowest BCUT2D eigenvalue weighted by molar-refractivity contribution is 0.251. The summed E-state index contributed by atoms with van der Waals surface area (Å²) in [5, 5.41) is 5.57. The van der Waals surface area contributed by atoms with E-state index in [0.717, 1.165) is 18.4 Å². The second-order valence-corrected chi connectivity index (χ2v) is 3.99. The minimum absolute atomic E-state index is 0.178. The summed E-state index contributed by atoms with van der Waals surface area (Å²) in [6, 6.07) is 5.50. The monoisotopic (exact) mass is 220 g/mol. The predicted octanol–water partition coefficient (Wildman–Crippen LogP) is 1.01. The highest BCUT2D eigenvalue weighted by Crippen LogP contribution is 2.20. The van der Waals surface area contributed by atoms with Gasteiger partial charge in [-0.15, -0.1) is 0 Å². The first kappa shape index (κ1) is 10.8. The molecule has 1 aromatic rings. The topological polar surface area (TPSA) is 93.2 Å². The molecule has 1 aliphatic rings. The fourth-order valence-electron chi connectivity index (χ4n) is 1.44. The van der Waals surface area contributed by atoms with E-state index < -0.39 is 0 Å². The number of urea groups is 1. The third-order valence-corrected chi connectivity index (χ3v) is 2.54. The van der Waals surface area contributed by atoms with Crippen LogP contribution in [0.3, 0.4) is 0 Å². The van der Waals surface area contributed by atoms with E-state index in [1.54, 1.807) is 12.1 Å². The molecule has 1 aromatic carbocycles. The zero-order valence-electron chi connectivity index (χ0n) is 8.99. The molecule has 5 heteroatoms. The van der Waals surface area contributed by atoms with Gasteiger partial charge in [0.15, 0.2) is 0 Å². The van der Waals surface area contributed by atoms with Crippen LogP contribution in [-0.2, 0) is 6.54 Å². The summed E-state index contributed by atoms with van der Waals surface area (Å²) in [4.78, 5) is 11.4. The molecule has 0 spiro atoms. The Labute approximate surface area is 94.2 Å². The third-order valence-electron chi connectivity index (χ3n) is 2.54. The fourth-order valence-corrected chi connectivity index (χ4v) is 1.44. The summed E-state index contributed by atoms with van der Waals surface area (Å²) in [6.45, 7) is 0.403. The van der Waals surface area contributed by atoms with Gasteiger partial charge in [0.25, 0.3) is 0 Å². The molecule has 1 fully saturated rings. The highest BCUT2D eigenvalue weighted by Gasteiger charge is 2.23. The number of carbonyl (C=O) groups excluding carboxylic acids is 1. The summed E-state index contributed by atoms with van der Waals surface area (Å²) in [5.41, 5.74) is 13.4. The number of hydrogen-bond acceptors (Lipinski definition) is 3. The molecule has 0 heterocycles. The number of hydrogen-bond donors (Lipinski definition) is 4. The van der Waals surface area contributed by atoms with Crippen LogP contribution < -0.4 is 22.1 Å². The Kier molecular flexibility index (Phi) is 2.96. The molecule has 0 atom stereocenters. The van der Waals surface area contributed by atoms with Crippen molar-refractivity contribution in [1.82, 2.24) is 5.32 Å². The van der Waals surface area contributed by atoms with Crippen LogP contribution >= 0.6 is 0 Å². The number of carbonyl (C=O) groups is 1. The van der Waals surface area contributed by atoms with E-state index >= 15 is 0 Å². The van der Waals surface area contributed by atoms with Gasteiger partial charge >= 0.3 is 6.03 Å². The number of nitrogens with one attached hydrogen (secondary N) is 2. The number of amides is 2. The van der Waals surface area contributed by atoms with Gasteiger partial charge < -0.3 is 22.1 Å². The number of benzene rings is 1. The molecular formula is C11H16N4O. The highest BCUT2D eigenvalue weighted by atomic mass is 16.2. The number of nitrogens with two attached hydrogens (primary N) is 2.